The first-order valence-electron chi connectivity index (χ1n) is 7.84. The largest absolute Gasteiger partial charge is 0.439 e. The lowest BCUT2D eigenvalue weighted by Gasteiger charge is -2.28. The highest BCUT2D eigenvalue weighted by molar-refractivity contribution is 5.59. The van der Waals surface area contributed by atoms with Gasteiger partial charge in [0.25, 0.3) is 0 Å². The first kappa shape index (κ1) is 15.3. The highest BCUT2D eigenvalue weighted by atomic mass is 16.5. The molecule has 1 unspecified atom stereocenters. The van der Waals surface area contributed by atoms with Gasteiger partial charge >= 0.3 is 0 Å². The number of rotatable bonds is 3. The molecule has 23 heavy (non-hydrogen) atoms. The van der Waals surface area contributed by atoms with Crippen molar-refractivity contribution in [2.24, 2.45) is 11.5 Å². The van der Waals surface area contributed by atoms with E-state index in [1.165, 1.54) is 5.56 Å². The van der Waals surface area contributed by atoms with Gasteiger partial charge in [0.2, 0.25) is 5.88 Å². The standard InChI is InChI=1S/C19H23N3O/c1-4-12-5-7-13(8-6-12)17-15-10-9-14(22(2)3)11-16(15)23-19(21)18(17)20/h5-11,17H,4,20-21H2,1-3H3. The third-order valence-electron chi connectivity index (χ3n) is 4.36. The monoisotopic (exact) mass is 309 g/mol. The van der Waals surface area contributed by atoms with Crippen LogP contribution >= 0.6 is 0 Å². The van der Waals surface area contributed by atoms with Crippen LogP contribution < -0.4 is 21.1 Å². The molecule has 0 aliphatic carbocycles. The van der Waals surface area contributed by atoms with Crippen molar-refractivity contribution in [2.75, 3.05) is 19.0 Å². The van der Waals surface area contributed by atoms with Gasteiger partial charge in [-0.1, -0.05) is 37.3 Å². The predicted octanol–water partition coefficient (Wildman–Crippen LogP) is 2.93. The molecule has 2 aromatic carbocycles. The average molecular weight is 309 g/mol. The summed E-state index contributed by atoms with van der Waals surface area (Å²) < 4.78 is 5.74. The predicted molar refractivity (Wildman–Crippen MR) is 94.5 cm³/mol. The molecule has 0 saturated carbocycles. The molecule has 1 aliphatic rings. The Labute approximate surface area is 137 Å². The molecule has 0 fully saturated rings. The first-order valence-corrected chi connectivity index (χ1v) is 7.84. The highest BCUT2D eigenvalue weighted by Gasteiger charge is 2.28. The fraction of sp³-hybridized carbons (Fsp3) is 0.263. The van der Waals surface area contributed by atoms with Crippen molar-refractivity contribution in [3.8, 4) is 5.75 Å². The Balaban J connectivity index is 2.09. The maximum Gasteiger partial charge on any atom is 0.210 e. The second kappa shape index (κ2) is 5.88. The Morgan fingerprint density at radius 2 is 1.74 bits per heavy atom. The number of nitrogens with two attached hydrogens (primary N) is 2. The van der Waals surface area contributed by atoms with Crippen LogP contribution in [0.5, 0.6) is 5.75 Å². The number of hydrogen-bond acceptors (Lipinski definition) is 4. The first-order chi connectivity index (χ1) is 11.0. The Morgan fingerprint density at radius 3 is 2.35 bits per heavy atom. The van der Waals surface area contributed by atoms with Crippen LogP contribution in [0.4, 0.5) is 5.69 Å². The maximum atomic E-state index is 6.26. The topological polar surface area (TPSA) is 64.5 Å². The van der Waals surface area contributed by atoms with Crippen molar-refractivity contribution >= 4 is 5.69 Å². The number of fused-ring (bicyclic) bond motifs is 1. The number of hydrogen-bond donors (Lipinski definition) is 2. The van der Waals surface area contributed by atoms with Gasteiger partial charge in [-0.25, -0.2) is 0 Å². The maximum absolute atomic E-state index is 6.26. The zero-order valence-corrected chi connectivity index (χ0v) is 13.8. The van der Waals surface area contributed by atoms with E-state index in [0.29, 0.717) is 5.70 Å². The van der Waals surface area contributed by atoms with Gasteiger partial charge < -0.3 is 21.1 Å². The third-order valence-corrected chi connectivity index (χ3v) is 4.36. The molecule has 4 nitrogen and oxygen atoms in total. The van der Waals surface area contributed by atoms with Crippen molar-refractivity contribution < 1.29 is 4.74 Å². The van der Waals surface area contributed by atoms with Crippen LogP contribution in [-0.2, 0) is 6.42 Å². The molecule has 4 heteroatoms. The van der Waals surface area contributed by atoms with E-state index in [9.17, 15) is 0 Å². The van der Waals surface area contributed by atoms with Gasteiger partial charge in [-0.05, 0) is 23.6 Å². The summed E-state index contributed by atoms with van der Waals surface area (Å²) in [4.78, 5) is 2.03. The van der Waals surface area contributed by atoms with Crippen LogP contribution in [0, 0.1) is 0 Å². The average Bonchev–Trinajstić information content (AvgIpc) is 2.56. The van der Waals surface area contributed by atoms with Crippen LogP contribution in [0.25, 0.3) is 0 Å². The molecule has 0 radical (unpaired) electrons. The summed E-state index contributed by atoms with van der Waals surface area (Å²) >= 11 is 0. The molecule has 1 atom stereocenters. The summed E-state index contributed by atoms with van der Waals surface area (Å²) in [5.41, 5.74) is 17.4. The van der Waals surface area contributed by atoms with E-state index >= 15 is 0 Å². The summed E-state index contributed by atoms with van der Waals surface area (Å²) in [5, 5.41) is 0. The number of allylic oxidation sites excluding steroid dienone is 1. The van der Waals surface area contributed by atoms with E-state index in [0.717, 1.165) is 29.0 Å². The van der Waals surface area contributed by atoms with Gasteiger partial charge in [0, 0.05) is 31.4 Å². The second-order valence-electron chi connectivity index (χ2n) is 6.07. The molecule has 0 amide bonds. The molecule has 120 valence electrons. The summed E-state index contributed by atoms with van der Waals surface area (Å²) in [7, 11) is 4.00. The molecular formula is C19H23N3O. The molecule has 2 aromatic rings. The van der Waals surface area contributed by atoms with E-state index in [-0.39, 0.29) is 11.8 Å². The summed E-state index contributed by atoms with van der Waals surface area (Å²) in [6, 6.07) is 14.7. The Morgan fingerprint density at radius 1 is 1.04 bits per heavy atom. The zero-order valence-electron chi connectivity index (χ0n) is 13.8. The normalized spacial score (nSPS) is 16.7. The zero-order chi connectivity index (χ0) is 16.6. The lowest BCUT2D eigenvalue weighted by atomic mass is 9.86. The molecule has 3 rings (SSSR count). The smallest absolute Gasteiger partial charge is 0.210 e. The van der Waals surface area contributed by atoms with Crippen molar-refractivity contribution in [1.82, 2.24) is 0 Å². The van der Waals surface area contributed by atoms with Crippen LogP contribution in [-0.4, -0.2) is 14.1 Å². The number of nitrogens with zero attached hydrogens (tertiary/aromatic N) is 1. The second-order valence-corrected chi connectivity index (χ2v) is 6.07. The quantitative estimate of drug-likeness (QED) is 0.915. The van der Waals surface area contributed by atoms with Crippen molar-refractivity contribution in [3.05, 3.63) is 70.7 Å². The number of aryl methyl sites for hydroxylation is 1. The fourth-order valence-electron chi connectivity index (χ4n) is 2.92. The van der Waals surface area contributed by atoms with Crippen molar-refractivity contribution in [1.29, 1.82) is 0 Å². The number of anilines is 1. The summed E-state index contributed by atoms with van der Waals surface area (Å²) in [6.07, 6.45) is 1.02. The lowest BCUT2D eigenvalue weighted by Crippen LogP contribution is -2.26. The fourth-order valence-corrected chi connectivity index (χ4v) is 2.92. The molecule has 0 aromatic heterocycles. The van der Waals surface area contributed by atoms with E-state index < -0.39 is 0 Å². The van der Waals surface area contributed by atoms with Crippen molar-refractivity contribution in [2.45, 2.75) is 19.3 Å². The highest BCUT2D eigenvalue weighted by Crippen LogP contribution is 2.41. The molecular weight excluding hydrogens is 286 g/mol. The molecule has 1 heterocycles. The van der Waals surface area contributed by atoms with Gasteiger partial charge in [-0.3, -0.25) is 0 Å². The SMILES string of the molecule is CCc1ccc(C2C(N)=C(N)Oc3cc(N(C)C)ccc32)cc1. The Bertz CT molecular complexity index is 748. The minimum Gasteiger partial charge on any atom is -0.439 e. The molecule has 1 aliphatic heterocycles. The molecule has 0 saturated heterocycles. The third kappa shape index (κ3) is 2.72. The van der Waals surface area contributed by atoms with Gasteiger partial charge in [0.05, 0.1) is 11.6 Å². The van der Waals surface area contributed by atoms with Gasteiger partial charge in [0.1, 0.15) is 5.75 Å². The minimum absolute atomic E-state index is 0.0686. The molecule has 0 bridgehead atoms. The van der Waals surface area contributed by atoms with Crippen LogP contribution in [0.2, 0.25) is 0 Å². The summed E-state index contributed by atoms with van der Waals surface area (Å²) in [5.74, 6) is 0.992. The van der Waals surface area contributed by atoms with Crippen LogP contribution in [0.15, 0.2) is 54.0 Å². The van der Waals surface area contributed by atoms with E-state index in [4.69, 9.17) is 16.2 Å². The van der Waals surface area contributed by atoms with Gasteiger partial charge in [-0.15, -0.1) is 0 Å². The van der Waals surface area contributed by atoms with E-state index in [1.807, 2.05) is 25.1 Å². The van der Waals surface area contributed by atoms with Gasteiger partial charge in [0.15, 0.2) is 0 Å². The van der Waals surface area contributed by atoms with Crippen molar-refractivity contribution in [3.63, 3.8) is 0 Å². The molecule has 4 N–H and O–H groups in total. The Kier molecular flexibility index (Phi) is 3.90. The van der Waals surface area contributed by atoms with Gasteiger partial charge in [-0.2, -0.15) is 0 Å². The summed E-state index contributed by atoms with van der Waals surface area (Å²) in [6.45, 7) is 2.15. The number of benzene rings is 2. The van der Waals surface area contributed by atoms with E-state index in [1.54, 1.807) is 0 Å². The number of ether oxygens (including phenoxy) is 1. The van der Waals surface area contributed by atoms with E-state index in [2.05, 4.69) is 43.3 Å². The van der Waals surface area contributed by atoms with Crippen LogP contribution in [0.3, 0.4) is 0 Å². The minimum atomic E-state index is -0.0686. The van der Waals surface area contributed by atoms with Crippen LogP contribution in [0.1, 0.15) is 29.5 Å². The Hall–Kier alpha value is -2.62. The lowest BCUT2D eigenvalue weighted by molar-refractivity contribution is 0.388. The molecule has 0 spiro atoms.